The molecule has 1 aromatic heterocycles. The number of aromatic nitrogens is 1. The molecule has 2 atom stereocenters. The van der Waals surface area contributed by atoms with Crippen molar-refractivity contribution < 1.29 is 19.6 Å². The lowest BCUT2D eigenvalue weighted by molar-refractivity contribution is -0.383. The van der Waals surface area contributed by atoms with Crippen molar-refractivity contribution in [2.24, 2.45) is 0 Å². The van der Waals surface area contributed by atoms with Gasteiger partial charge in [0.2, 0.25) is 11.6 Å². The Bertz CT molecular complexity index is 1180. The van der Waals surface area contributed by atoms with Crippen LogP contribution in [0.15, 0.2) is 54.7 Å². The molecule has 4 rings (SSSR count). The number of nitro groups is 1. The standard InChI is InChI=1S/C22H22N4O5/c1-24-18(11-15-13-23-16-9-6-10-17(19(15)16)26(30)31)20(27)25(2)22(29,21(24)28)12-14-7-4-3-5-8-14/h3-10,13,18,23,29H,11-12H2,1-2H3. The number of likely N-dealkylation sites (N-methyl/N-ethyl adjacent to an activating group) is 2. The Morgan fingerprint density at radius 2 is 1.84 bits per heavy atom. The van der Waals surface area contributed by atoms with Gasteiger partial charge in [0, 0.05) is 39.2 Å². The average Bonchev–Trinajstić information content (AvgIpc) is 3.18. The molecule has 0 radical (unpaired) electrons. The fourth-order valence-corrected chi connectivity index (χ4v) is 4.19. The van der Waals surface area contributed by atoms with Crippen molar-refractivity contribution in [2.45, 2.75) is 24.6 Å². The second kappa shape index (κ2) is 7.51. The Kier molecular flexibility index (Phi) is 4.98. The van der Waals surface area contributed by atoms with Crippen molar-refractivity contribution in [3.63, 3.8) is 0 Å². The van der Waals surface area contributed by atoms with Gasteiger partial charge >= 0.3 is 0 Å². The molecule has 2 N–H and O–H groups in total. The van der Waals surface area contributed by atoms with Crippen LogP contribution in [0.1, 0.15) is 11.1 Å². The van der Waals surface area contributed by atoms with Gasteiger partial charge in [-0.25, -0.2) is 0 Å². The first-order valence-corrected chi connectivity index (χ1v) is 9.78. The fraction of sp³-hybridized carbons (Fsp3) is 0.273. The van der Waals surface area contributed by atoms with Crippen LogP contribution in [0.25, 0.3) is 10.9 Å². The van der Waals surface area contributed by atoms with E-state index in [-0.39, 0.29) is 18.5 Å². The van der Waals surface area contributed by atoms with Crippen LogP contribution < -0.4 is 0 Å². The molecule has 9 nitrogen and oxygen atoms in total. The van der Waals surface area contributed by atoms with Gasteiger partial charge in [-0.1, -0.05) is 36.4 Å². The third kappa shape index (κ3) is 3.32. The van der Waals surface area contributed by atoms with Crippen LogP contribution in [0, 0.1) is 10.1 Å². The SMILES string of the molecule is CN1C(=O)C(O)(Cc2ccccc2)N(C)C(=O)C1Cc1c[nH]c2cccc([N+](=O)[O-])c12. The number of piperazine rings is 1. The number of nitrogens with one attached hydrogen (secondary N) is 1. The van der Waals surface area contributed by atoms with Crippen molar-refractivity contribution >= 4 is 28.4 Å². The number of carbonyl (C=O) groups is 2. The number of rotatable bonds is 5. The molecule has 0 saturated carbocycles. The second-order valence-electron chi connectivity index (χ2n) is 7.78. The average molecular weight is 422 g/mol. The van der Waals surface area contributed by atoms with E-state index >= 15 is 0 Å². The molecule has 160 valence electrons. The number of fused-ring (bicyclic) bond motifs is 1. The van der Waals surface area contributed by atoms with E-state index in [4.69, 9.17) is 0 Å². The summed E-state index contributed by atoms with van der Waals surface area (Å²) >= 11 is 0. The molecule has 0 spiro atoms. The Morgan fingerprint density at radius 1 is 1.13 bits per heavy atom. The molecule has 1 aliphatic rings. The summed E-state index contributed by atoms with van der Waals surface area (Å²) in [6, 6.07) is 12.8. The van der Waals surface area contributed by atoms with Crippen molar-refractivity contribution in [1.29, 1.82) is 0 Å². The highest BCUT2D eigenvalue weighted by Gasteiger charge is 2.53. The highest BCUT2D eigenvalue weighted by molar-refractivity contribution is 5.99. The molecular weight excluding hydrogens is 400 g/mol. The van der Waals surface area contributed by atoms with Crippen molar-refractivity contribution in [1.82, 2.24) is 14.8 Å². The highest BCUT2D eigenvalue weighted by Crippen LogP contribution is 2.32. The van der Waals surface area contributed by atoms with Gasteiger partial charge in [0.05, 0.1) is 15.8 Å². The Labute approximate surface area is 178 Å². The monoisotopic (exact) mass is 422 g/mol. The van der Waals surface area contributed by atoms with E-state index in [9.17, 15) is 24.8 Å². The number of H-pyrrole nitrogens is 1. The van der Waals surface area contributed by atoms with E-state index in [2.05, 4.69) is 4.98 Å². The van der Waals surface area contributed by atoms with Crippen LogP contribution in [0.5, 0.6) is 0 Å². The van der Waals surface area contributed by atoms with Gasteiger partial charge in [0.1, 0.15) is 6.04 Å². The quantitative estimate of drug-likeness (QED) is 0.480. The van der Waals surface area contributed by atoms with E-state index in [1.165, 1.54) is 25.1 Å². The van der Waals surface area contributed by atoms with Crippen molar-refractivity contribution in [3.8, 4) is 0 Å². The summed E-state index contributed by atoms with van der Waals surface area (Å²) in [4.78, 5) is 42.7. The van der Waals surface area contributed by atoms with Gasteiger partial charge in [-0.05, 0) is 17.2 Å². The van der Waals surface area contributed by atoms with Gasteiger partial charge in [0.25, 0.3) is 11.6 Å². The molecule has 0 bridgehead atoms. The van der Waals surface area contributed by atoms with Crippen LogP contribution in [0.3, 0.4) is 0 Å². The first-order valence-electron chi connectivity index (χ1n) is 9.78. The molecule has 1 saturated heterocycles. The van der Waals surface area contributed by atoms with E-state index < -0.39 is 28.5 Å². The molecule has 31 heavy (non-hydrogen) atoms. The number of non-ortho nitro benzene ring substituents is 1. The number of nitro benzene ring substituents is 1. The zero-order valence-corrected chi connectivity index (χ0v) is 17.1. The first kappa shape index (κ1) is 20.5. The molecule has 3 aromatic rings. The van der Waals surface area contributed by atoms with Crippen LogP contribution >= 0.6 is 0 Å². The fourth-order valence-electron chi connectivity index (χ4n) is 4.19. The molecule has 9 heteroatoms. The maximum atomic E-state index is 13.2. The number of amides is 2. The highest BCUT2D eigenvalue weighted by atomic mass is 16.6. The largest absolute Gasteiger partial charge is 0.363 e. The van der Waals surface area contributed by atoms with Gasteiger partial charge < -0.3 is 19.9 Å². The lowest BCUT2D eigenvalue weighted by Gasteiger charge is -2.47. The maximum Gasteiger partial charge on any atom is 0.279 e. The third-order valence-electron chi connectivity index (χ3n) is 5.97. The number of aromatic amines is 1. The van der Waals surface area contributed by atoms with Crippen LogP contribution in [-0.2, 0) is 22.4 Å². The van der Waals surface area contributed by atoms with Crippen molar-refractivity contribution in [3.05, 3.63) is 76.0 Å². The van der Waals surface area contributed by atoms with Gasteiger partial charge in [-0.15, -0.1) is 0 Å². The zero-order valence-electron chi connectivity index (χ0n) is 17.1. The minimum absolute atomic E-state index is 0.0372. The Morgan fingerprint density at radius 3 is 2.52 bits per heavy atom. The Balaban J connectivity index is 1.67. The molecule has 0 aliphatic carbocycles. The molecule has 1 fully saturated rings. The number of hydrogen-bond acceptors (Lipinski definition) is 5. The summed E-state index contributed by atoms with van der Waals surface area (Å²) in [6.07, 6.45) is 1.66. The van der Waals surface area contributed by atoms with Gasteiger partial charge in [0.15, 0.2) is 0 Å². The van der Waals surface area contributed by atoms with Crippen LogP contribution in [0.2, 0.25) is 0 Å². The second-order valence-corrected chi connectivity index (χ2v) is 7.78. The normalized spacial score (nSPS) is 21.7. The molecule has 2 unspecified atom stereocenters. The molecule has 2 aromatic carbocycles. The van der Waals surface area contributed by atoms with Crippen molar-refractivity contribution in [2.75, 3.05) is 14.1 Å². The number of aliphatic hydroxyl groups is 1. The van der Waals surface area contributed by atoms with Crippen LogP contribution in [-0.4, -0.2) is 62.5 Å². The maximum absolute atomic E-state index is 13.2. The number of benzene rings is 2. The third-order valence-corrected chi connectivity index (χ3v) is 5.97. The predicted octanol–water partition coefficient (Wildman–Crippen LogP) is 1.85. The Hall–Kier alpha value is -3.72. The topological polar surface area (TPSA) is 120 Å². The number of carbonyl (C=O) groups excluding carboxylic acids is 2. The zero-order chi connectivity index (χ0) is 22.3. The summed E-state index contributed by atoms with van der Waals surface area (Å²) in [7, 11) is 2.87. The molecule has 2 heterocycles. The molecule has 1 aliphatic heterocycles. The summed E-state index contributed by atoms with van der Waals surface area (Å²) in [5, 5.41) is 23.0. The summed E-state index contributed by atoms with van der Waals surface area (Å²) in [6.45, 7) is 0. The van der Waals surface area contributed by atoms with E-state index in [1.54, 1.807) is 42.6 Å². The summed E-state index contributed by atoms with van der Waals surface area (Å²) in [5.41, 5.74) is -0.217. The number of nitrogens with zero attached hydrogens (tertiary/aromatic N) is 3. The number of hydrogen-bond donors (Lipinski definition) is 2. The lowest BCUT2D eigenvalue weighted by atomic mass is 9.92. The summed E-state index contributed by atoms with van der Waals surface area (Å²) in [5.74, 6) is -1.04. The van der Waals surface area contributed by atoms with E-state index in [0.717, 1.165) is 10.5 Å². The minimum atomic E-state index is -2.00. The van der Waals surface area contributed by atoms with Gasteiger partial charge in [-0.2, -0.15) is 0 Å². The van der Waals surface area contributed by atoms with Gasteiger partial charge in [-0.3, -0.25) is 19.7 Å². The minimum Gasteiger partial charge on any atom is -0.363 e. The lowest BCUT2D eigenvalue weighted by Crippen LogP contribution is -2.70. The molecular formula is C22H22N4O5. The van der Waals surface area contributed by atoms with E-state index in [0.29, 0.717) is 16.5 Å². The first-order chi connectivity index (χ1) is 14.7. The predicted molar refractivity (Wildman–Crippen MR) is 113 cm³/mol. The summed E-state index contributed by atoms with van der Waals surface area (Å²) < 4.78 is 0. The molecule has 2 amide bonds. The smallest absolute Gasteiger partial charge is 0.279 e. The van der Waals surface area contributed by atoms with Crippen LogP contribution in [0.4, 0.5) is 5.69 Å². The van der Waals surface area contributed by atoms with E-state index in [1.807, 2.05) is 6.07 Å².